The molecule has 0 fully saturated rings. The van der Waals surface area contributed by atoms with Gasteiger partial charge >= 0.3 is 6.72 Å². The minimum absolute atomic E-state index is 0.529. The molecule has 4 nitrogen and oxygen atoms in total. The Kier molecular flexibility index (Phi) is 10.1. The molecule has 1 rings (SSSR count). The van der Waals surface area contributed by atoms with Crippen LogP contribution in [0.25, 0.3) is 0 Å². The Bertz CT molecular complexity index is 497. The Labute approximate surface area is 129 Å². The van der Waals surface area contributed by atoms with Crippen molar-refractivity contribution in [1.29, 1.82) is 5.26 Å². The van der Waals surface area contributed by atoms with Crippen molar-refractivity contribution in [2.45, 2.75) is 0 Å². The molecule has 0 N–H and O–H groups in total. The third-order valence-corrected chi connectivity index (χ3v) is 4.67. The summed E-state index contributed by atoms with van der Waals surface area (Å²) in [6.07, 6.45) is 0. The zero-order valence-corrected chi connectivity index (χ0v) is 13.8. The van der Waals surface area contributed by atoms with Crippen LogP contribution in [0, 0.1) is 11.3 Å². The molecule has 0 amide bonds. The highest BCUT2D eigenvalue weighted by molar-refractivity contribution is 8.07. The monoisotopic (exact) mass is 329 g/mol. The van der Waals surface area contributed by atoms with Gasteiger partial charge < -0.3 is 13.6 Å². The lowest BCUT2D eigenvalue weighted by molar-refractivity contribution is 0.273. The van der Waals surface area contributed by atoms with E-state index in [1.807, 2.05) is 6.07 Å². The van der Waals surface area contributed by atoms with Gasteiger partial charge in [-0.3, -0.25) is 0 Å². The number of nitrogens with zero attached hydrogens (tertiary/aromatic N) is 1. The molecule has 0 aliphatic rings. The first kappa shape index (κ1) is 18.9. The molecule has 0 saturated carbocycles. The molecule has 0 unspecified atom stereocenters. The van der Waals surface area contributed by atoms with Crippen molar-refractivity contribution < 1.29 is 13.6 Å². The Morgan fingerprint density at radius 3 is 2.00 bits per heavy atom. The van der Waals surface area contributed by atoms with Crippen LogP contribution in [0.15, 0.2) is 48.2 Å². The van der Waals surface area contributed by atoms with E-state index in [1.54, 1.807) is 35.1 Å². The summed E-state index contributed by atoms with van der Waals surface area (Å²) in [4.78, 5) is 0. The summed E-state index contributed by atoms with van der Waals surface area (Å²) in [5.41, 5.74) is 0.561. The van der Waals surface area contributed by atoms with Crippen LogP contribution in [0.2, 0.25) is 0 Å². The first-order valence-corrected chi connectivity index (χ1v) is 8.83. The molecule has 0 heterocycles. The largest absolute Gasteiger partial charge is 0.424 e. The number of thioether (sulfide) groups is 1. The maximum absolute atomic E-state index is 8.60. The fourth-order valence-corrected chi connectivity index (χ4v) is 2.01. The predicted octanol–water partition coefficient (Wildman–Crippen LogP) is 4.46. The van der Waals surface area contributed by atoms with Crippen molar-refractivity contribution in [1.82, 2.24) is 0 Å². The van der Waals surface area contributed by atoms with E-state index in [0.717, 1.165) is 0 Å². The highest BCUT2D eigenvalue weighted by Crippen LogP contribution is 2.48. The lowest BCUT2D eigenvalue weighted by Gasteiger charge is -2.17. The number of hydrogen-bond donors (Lipinski definition) is 0. The predicted molar refractivity (Wildman–Crippen MR) is 88.1 cm³/mol. The van der Waals surface area contributed by atoms with E-state index in [0.29, 0.717) is 11.3 Å². The number of benzene rings is 1. The fraction of sp³-hybridized carbons (Fsp3) is 0.154. The maximum atomic E-state index is 8.60. The second kappa shape index (κ2) is 10.7. The summed E-state index contributed by atoms with van der Waals surface area (Å²) in [6.45, 7) is 4.21. The summed E-state index contributed by atoms with van der Waals surface area (Å²) in [6, 6.07) is 8.59. The van der Waals surface area contributed by atoms with Crippen LogP contribution in [0.4, 0.5) is 0 Å². The van der Waals surface area contributed by atoms with Gasteiger partial charge in [-0.05, 0) is 35.1 Å². The second-order valence-electron chi connectivity index (χ2n) is 3.01. The third-order valence-electron chi connectivity index (χ3n) is 1.84. The van der Waals surface area contributed by atoms with Crippen LogP contribution in [0.5, 0.6) is 5.75 Å². The molecule has 0 radical (unpaired) electrons. The van der Waals surface area contributed by atoms with Crippen LogP contribution in [-0.2, 0) is 20.9 Å². The van der Waals surface area contributed by atoms with Gasteiger partial charge in [0.25, 0.3) is 0 Å². The zero-order valence-electron chi connectivity index (χ0n) is 11.3. The molecule has 0 aromatic heterocycles. The van der Waals surface area contributed by atoms with Gasteiger partial charge in [-0.1, -0.05) is 13.2 Å². The number of rotatable bonds is 6. The molecular formula is C13H16NO3PS2. The fourth-order valence-electron chi connectivity index (χ4n) is 0.937. The Balaban J connectivity index is 0.000000621. The molecule has 1 aromatic rings. The molecule has 0 aliphatic carbocycles. The third kappa shape index (κ3) is 7.49. The molecule has 1 aromatic carbocycles. The van der Waals surface area contributed by atoms with E-state index in [9.17, 15) is 0 Å². The minimum atomic E-state index is -2.68. The molecule has 0 bridgehead atoms. The van der Waals surface area contributed by atoms with Crippen molar-refractivity contribution in [3.8, 4) is 11.8 Å². The van der Waals surface area contributed by atoms with Gasteiger partial charge in [-0.15, -0.1) is 11.8 Å². The minimum Gasteiger partial charge on any atom is -0.424 e. The smallest absolute Gasteiger partial charge is 0.380 e. The average molecular weight is 329 g/mol. The number of nitriles is 1. The molecule has 108 valence electrons. The average Bonchev–Trinajstić information content (AvgIpc) is 2.49. The second-order valence-corrected chi connectivity index (χ2v) is 7.10. The SMILES string of the molecule is C=CSC=C.COP(=S)(OC)Oc1ccc(C#N)cc1. The van der Waals surface area contributed by atoms with Crippen molar-refractivity contribution in [3.05, 3.63) is 53.8 Å². The highest BCUT2D eigenvalue weighted by atomic mass is 32.5. The molecule has 0 spiro atoms. The van der Waals surface area contributed by atoms with Crippen LogP contribution in [0.3, 0.4) is 0 Å². The summed E-state index contributed by atoms with van der Waals surface area (Å²) in [5, 5.41) is 12.1. The molecule has 20 heavy (non-hydrogen) atoms. The van der Waals surface area contributed by atoms with Crippen LogP contribution in [0.1, 0.15) is 5.56 Å². The van der Waals surface area contributed by atoms with E-state index in [1.165, 1.54) is 26.0 Å². The van der Waals surface area contributed by atoms with E-state index >= 15 is 0 Å². The Morgan fingerprint density at radius 1 is 1.20 bits per heavy atom. The van der Waals surface area contributed by atoms with Gasteiger partial charge in [0.05, 0.1) is 11.6 Å². The van der Waals surface area contributed by atoms with Gasteiger partial charge in [0.2, 0.25) is 0 Å². The van der Waals surface area contributed by atoms with E-state index < -0.39 is 6.72 Å². The molecule has 0 aliphatic heterocycles. The highest BCUT2D eigenvalue weighted by Gasteiger charge is 2.17. The van der Waals surface area contributed by atoms with E-state index in [2.05, 4.69) is 13.2 Å². The summed E-state index contributed by atoms with van der Waals surface area (Å²) >= 11 is 6.52. The van der Waals surface area contributed by atoms with E-state index in [-0.39, 0.29) is 0 Å². The van der Waals surface area contributed by atoms with Crippen molar-refractivity contribution in [2.75, 3.05) is 14.2 Å². The lowest BCUT2D eigenvalue weighted by Crippen LogP contribution is -1.96. The van der Waals surface area contributed by atoms with Gasteiger partial charge in [0.15, 0.2) is 0 Å². The summed E-state index contributed by atoms with van der Waals surface area (Å²) < 4.78 is 15.3. The quantitative estimate of drug-likeness (QED) is 0.718. The normalized spacial score (nSPS) is 9.65. The Hall–Kier alpha value is -1.09. The van der Waals surface area contributed by atoms with Crippen LogP contribution in [-0.4, -0.2) is 14.2 Å². The number of hydrogen-bond acceptors (Lipinski definition) is 6. The molecule has 0 saturated heterocycles. The summed E-state index contributed by atoms with van der Waals surface area (Å²) in [7, 11) is 2.88. The van der Waals surface area contributed by atoms with Gasteiger partial charge in [0, 0.05) is 26.0 Å². The van der Waals surface area contributed by atoms with Crippen molar-refractivity contribution in [3.63, 3.8) is 0 Å². The van der Waals surface area contributed by atoms with Gasteiger partial charge in [-0.25, -0.2) is 0 Å². The standard InChI is InChI=1S/C9H10NO3PS.C4H6S/c1-11-14(15,12-2)13-9-5-3-8(7-10)4-6-9;1-3-5-4-2/h3-6H,1-2H3;3-4H,1-2H2. The first-order valence-electron chi connectivity index (χ1n) is 5.33. The van der Waals surface area contributed by atoms with Crippen molar-refractivity contribution in [2.24, 2.45) is 0 Å². The van der Waals surface area contributed by atoms with Crippen LogP contribution >= 0.6 is 18.5 Å². The van der Waals surface area contributed by atoms with Crippen molar-refractivity contribution >= 4 is 30.3 Å². The zero-order chi connectivity index (χ0) is 15.4. The van der Waals surface area contributed by atoms with Gasteiger partial charge in [0.1, 0.15) is 5.75 Å². The van der Waals surface area contributed by atoms with Crippen LogP contribution < -0.4 is 4.52 Å². The first-order chi connectivity index (χ1) is 9.55. The van der Waals surface area contributed by atoms with Gasteiger partial charge in [-0.2, -0.15) is 5.26 Å². The molecule has 7 heteroatoms. The van der Waals surface area contributed by atoms with E-state index in [4.69, 9.17) is 30.6 Å². The molecular weight excluding hydrogens is 313 g/mol. The Morgan fingerprint density at radius 2 is 1.70 bits per heavy atom. The molecule has 0 atom stereocenters. The topological polar surface area (TPSA) is 51.5 Å². The summed E-state index contributed by atoms with van der Waals surface area (Å²) in [5.74, 6) is 0.529. The maximum Gasteiger partial charge on any atom is 0.380 e. The lowest BCUT2D eigenvalue weighted by atomic mass is 10.2.